The third-order valence-corrected chi connectivity index (χ3v) is 7.11. The molecule has 2 aromatic rings. The van der Waals surface area contributed by atoms with Crippen molar-refractivity contribution in [2.24, 2.45) is 4.40 Å². The zero-order valence-corrected chi connectivity index (χ0v) is 19.3. The summed E-state index contributed by atoms with van der Waals surface area (Å²) in [5.41, 5.74) is 2.43. The number of sulfonamides is 1. The SMILES string of the molecule is CC(C)(C)c1ccc(S(=O)(=O)N=C2C=C3N(CCO)CCO[C@@]3(O)c3ccccc32)cc1. The summed E-state index contributed by atoms with van der Waals surface area (Å²) >= 11 is 0. The van der Waals surface area contributed by atoms with Crippen LogP contribution in [0.2, 0.25) is 0 Å². The third kappa shape index (κ3) is 3.99. The molecule has 170 valence electrons. The maximum absolute atomic E-state index is 13.2. The van der Waals surface area contributed by atoms with Crippen molar-refractivity contribution in [1.82, 2.24) is 4.90 Å². The Kier molecular flexibility index (Phi) is 5.75. The molecule has 1 fully saturated rings. The van der Waals surface area contributed by atoms with Crippen LogP contribution in [-0.2, 0) is 26.0 Å². The average Bonchev–Trinajstić information content (AvgIpc) is 2.75. The van der Waals surface area contributed by atoms with Crippen molar-refractivity contribution >= 4 is 15.7 Å². The van der Waals surface area contributed by atoms with Gasteiger partial charge in [-0.25, -0.2) is 0 Å². The number of ether oxygens (including phenoxy) is 1. The molecular formula is C24H28N2O5S. The topological polar surface area (TPSA) is 99.4 Å². The van der Waals surface area contributed by atoms with Crippen molar-refractivity contribution in [1.29, 1.82) is 0 Å². The number of benzene rings is 2. The van der Waals surface area contributed by atoms with Crippen molar-refractivity contribution < 1.29 is 23.4 Å². The first kappa shape index (κ1) is 22.7. The van der Waals surface area contributed by atoms with Crippen LogP contribution in [0.1, 0.15) is 37.5 Å². The summed E-state index contributed by atoms with van der Waals surface area (Å²) in [6, 6.07) is 13.7. The van der Waals surface area contributed by atoms with Crippen LogP contribution in [0.5, 0.6) is 0 Å². The van der Waals surface area contributed by atoms with Gasteiger partial charge < -0.3 is 19.8 Å². The van der Waals surface area contributed by atoms with E-state index in [-0.39, 0.29) is 35.8 Å². The standard InChI is InChI=1S/C24H28N2O5S/c1-23(2,3)17-8-10-18(11-9-17)32(29,30)25-21-16-22-24(28,20-7-5-4-6-19(20)21)31-15-13-26(22)12-14-27/h4-11,16,27-28H,12-15H2,1-3H3/t24-/m0/s1. The molecule has 2 aliphatic rings. The van der Waals surface area contributed by atoms with E-state index < -0.39 is 15.8 Å². The fourth-order valence-corrected chi connectivity index (χ4v) is 5.06. The minimum absolute atomic E-state index is 0.0947. The molecular weight excluding hydrogens is 428 g/mol. The minimum atomic E-state index is -4.00. The molecule has 1 saturated heterocycles. The second kappa shape index (κ2) is 8.12. The Balaban J connectivity index is 1.82. The molecule has 1 atom stereocenters. The van der Waals surface area contributed by atoms with Gasteiger partial charge in [0.2, 0.25) is 5.79 Å². The van der Waals surface area contributed by atoms with E-state index in [1.54, 1.807) is 53.4 Å². The lowest BCUT2D eigenvalue weighted by atomic mass is 9.86. The minimum Gasteiger partial charge on any atom is -0.395 e. The van der Waals surface area contributed by atoms with Crippen LogP contribution in [0.25, 0.3) is 0 Å². The van der Waals surface area contributed by atoms with E-state index >= 15 is 0 Å². The Morgan fingerprint density at radius 1 is 1.12 bits per heavy atom. The lowest BCUT2D eigenvalue weighted by Crippen LogP contribution is -2.50. The maximum atomic E-state index is 13.2. The number of nitrogens with zero attached hydrogens (tertiary/aromatic N) is 2. The molecule has 0 radical (unpaired) electrons. The van der Waals surface area contributed by atoms with E-state index in [9.17, 15) is 18.6 Å². The smallest absolute Gasteiger partial charge is 0.282 e. The largest absolute Gasteiger partial charge is 0.395 e. The normalized spacial score (nSPS) is 22.3. The summed E-state index contributed by atoms with van der Waals surface area (Å²) in [5, 5.41) is 20.8. The fourth-order valence-electron chi connectivity index (χ4n) is 4.06. The van der Waals surface area contributed by atoms with Crippen LogP contribution in [0.15, 0.2) is 69.6 Å². The summed E-state index contributed by atoms with van der Waals surface area (Å²) in [5.74, 6) is -1.72. The second-order valence-corrected chi connectivity index (χ2v) is 10.6. The Hall–Kier alpha value is -2.52. The summed E-state index contributed by atoms with van der Waals surface area (Å²) in [6.45, 7) is 7.10. The molecule has 4 rings (SSSR count). The molecule has 1 aliphatic carbocycles. The monoisotopic (exact) mass is 456 g/mol. The van der Waals surface area contributed by atoms with Gasteiger partial charge in [0.05, 0.1) is 29.5 Å². The van der Waals surface area contributed by atoms with Gasteiger partial charge in [0.1, 0.15) is 0 Å². The van der Waals surface area contributed by atoms with E-state index in [4.69, 9.17) is 4.74 Å². The van der Waals surface area contributed by atoms with Crippen LogP contribution in [-0.4, -0.2) is 55.5 Å². The zero-order valence-electron chi connectivity index (χ0n) is 18.4. The number of β-amino-alcohol motifs (C(OH)–C–C–N with tert-alkyl or cyclic N) is 1. The average molecular weight is 457 g/mol. The number of hydrogen-bond acceptors (Lipinski definition) is 6. The van der Waals surface area contributed by atoms with Gasteiger partial charge in [-0.15, -0.1) is 0 Å². The Morgan fingerprint density at radius 3 is 2.47 bits per heavy atom. The maximum Gasteiger partial charge on any atom is 0.282 e. The molecule has 1 heterocycles. The molecule has 8 heteroatoms. The van der Waals surface area contributed by atoms with Crippen molar-refractivity contribution in [3.63, 3.8) is 0 Å². The first-order chi connectivity index (χ1) is 15.1. The lowest BCUT2D eigenvalue weighted by Gasteiger charge is -2.45. The number of aliphatic hydroxyl groups is 2. The van der Waals surface area contributed by atoms with Gasteiger partial charge in [-0.2, -0.15) is 12.8 Å². The van der Waals surface area contributed by atoms with Crippen molar-refractivity contribution in [2.75, 3.05) is 26.3 Å². The highest BCUT2D eigenvalue weighted by atomic mass is 32.2. The van der Waals surface area contributed by atoms with Gasteiger partial charge >= 0.3 is 0 Å². The van der Waals surface area contributed by atoms with Gasteiger partial charge in [0, 0.05) is 24.2 Å². The highest BCUT2D eigenvalue weighted by Gasteiger charge is 2.46. The van der Waals surface area contributed by atoms with Gasteiger partial charge in [-0.1, -0.05) is 57.2 Å². The molecule has 0 amide bonds. The highest BCUT2D eigenvalue weighted by Crippen LogP contribution is 2.41. The molecule has 0 spiro atoms. The molecule has 2 N–H and O–H groups in total. The quantitative estimate of drug-likeness (QED) is 0.734. The van der Waals surface area contributed by atoms with Crippen LogP contribution in [0, 0.1) is 0 Å². The summed E-state index contributed by atoms with van der Waals surface area (Å²) in [7, 11) is -4.00. The molecule has 0 bridgehead atoms. The molecule has 32 heavy (non-hydrogen) atoms. The molecule has 0 aromatic heterocycles. The summed E-state index contributed by atoms with van der Waals surface area (Å²) in [6.07, 6.45) is 1.54. The van der Waals surface area contributed by atoms with Gasteiger partial charge in [0.15, 0.2) is 0 Å². The first-order valence-electron chi connectivity index (χ1n) is 10.6. The van der Waals surface area contributed by atoms with E-state index in [0.29, 0.717) is 23.4 Å². The van der Waals surface area contributed by atoms with Crippen molar-refractivity contribution in [2.45, 2.75) is 36.9 Å². The molecule has 0 saturated carbocycles. The second-order valence-electron chi connectivity index (χ2n) is 9.00. The number of aliphatic hydroxyl groups excluding tert-OH is 1. The molecule has 0 unspecified atom stereocenters. The predicted octanol–water partition coefficient (Wildman–Crippen LogP) is 2.53. The molecule has 7 nitrogen and oxygen atoms in total. The number of hydrogen-bond donors (Lipinski definition) is 2. The lowest BCUT2D eigenvalue weighted by molar-refractivity contribution is -0.219. The number of rotatable bonds is 4. The van der Waals surface area contributed by atoms with Crippen LogP contribution in [0.3, 0.4) is 0 Å². The number of fused-ring (bicyclic) bond motifs is 3. The van der Waals surface area contributed by atoms with Crippen LogP contribution in [0.4, 0.5) is 0 Å². The Bertz CT molecular complexity index is 1180. The molecule has 2 aromatic carbocycles. The summed E-state index contributed by atoms with van der Waals surface area (Å²) in [4.78, 5) is 1.89. The van der Waals surface area contributed by atoms with E-state index in [1.807, 2.05) is 0 Å². The van der Waals surface area contributed by atoms with E-state index in [0.717, 1.165) is 5.56 Å². The van der Waals surface area contributed by atoms with Crippen LogP contribution < -0.4 is 0 Å². The third-order valence-electron chi connectivity index (χ3n) is 5.81. The van der Waals surface area contributed by atoms with E-state index in [1.165, 1.54) is 6.08 Å². The van der Waals surface area contributed by atoms with Crippen LogP contribution >= 0.6 is 0 Å². The Labute approximate surface area is 188 Å². The van der Waals surface area contributed by atoms with Gasteiger partial charge in [-0.3, -0.25) is 0 Å². The molecule has 1 aliphatic heterocycles. The van der Waals surface area contributed by atoms with Crippen molar-refractivity contribution in [3.05, 3.63) is 77.0 Å². The van der Waals surface area contributed by atoms with E-state index in [2.05, 4.69) is 25.2 Å². The number of morpholine rings is 1. The predicted molar refractivity (Wildman–Crippen MR) is 122 cm³/mol. The summed E-state index contributed by atoms with van der Waals surface area (Å²) < 4.78 is 36.2. The van der Waals surface area contributed by atoms with Crippen molar-refractivity contribution in [3.8, 4) is 0 Å². The Morgan fingerprint density at radius 2 is 1.81 bits per heavy atom. The highest BCUT2D eigenvalue weighted by molar-refractivity contribution is 7.90. The van der Waals surface area contributed by atoms with Gasteiger partial charge in [-0.05, 0) is 29.2 Å². The fraction of sp³-hybridized carbons (Fsp3) is 0.375. The zero-order chi connectivity index (χ0) is 23.1. The number of allylic oxidation sites excluding steroid dienone is 1. The van der Waals surface area contributed by atoms with Gasteiger partial charge in [0.25, 0.3) is 10.0 Å². The first-order valence-corrected chi connectivity index (χ1v) is 12.0.